The van der Waals surface area contributed by atoms with E-state index in [1.807, 2.05) is 36.1 Å². The summed E-state index contributed by atoms with van der Waals surface area (Å²) in [5, 5.41) is 0. The third kappa shape index (κ3) is 4.25. The van der Waals surface area contributed by atoms with Crippen LogP contribution in [0.3, 0.4) is 0 Å². The van der Waals surface area contributed by atoms with Gasteiger partial charge in [0.1, 0.15) is 0 Å². The van der Waals surface area contributed by atoms with Crippen LogP contribution in [0, 0.1) is 0 Å². The van der Waals surface area contributed by atoms with Gasteiger partial charge in [0.25, 0.3) is 0 Å². The zero-order valence-electron chi connectivity index (χ0n) is 11.5. The molecule has 0 saturated carbocycles. The van der Waals surface area contributed by atoms with Crippen LogP contribution in [0.25, 0.3) is 0 Å². The molecule has 1 heterocycles. The van der Waals surface area contributed by atoms with Crippen LogP contribution in [0.5, 0.6) is 0 Å². The molecule has 1 aromatic carbocycles. The van der Waals surface area contributed by atoms with Gasteiger partial charge in [0.15, 0.2) is 0 Å². The Hall–Kier alpha value is -1.00. The predicted molar refractivity (Wildman–Crippen MR) is 80.2 cm³/mol. The second-order valence-electron chi connectivity index (χ2n) is 5.09. The first-order valence-corrected chi connectivity index (χ1v) is 7.91. The molecule has 104 valence electrons. The maximum atomic E-state index is 12.0. The largest absolute Gasteiger partial charge is 0.342 e. The van der Waals surface area contributed by atoms with E-state index in [1.54, 1.807) is 11.8 Å². The topological polar surface area (TPSA) is 46.3 Å². The number of benzene rings is 1. The summed E-state index contributed by atoms with van der Waals surface area (Å²) in [7, 11) is 0. The van der Waals surface area contributed by atoms with E-state index in [2.05, 4.69) is 0 Å². The van der Waals surface area contributed by atoms with E-state index >= 15 is 0 Å². The van der Waals surface area contributed by atoms with Crippen molar-refractivity contribution in [3.05, 3.63) is 29.8 Å². The van der Waals surface area contributed by atoms with Gasteiger partial charge in [-0.05, 0) is 43.9 Å². The van der Waals surface area contributed by atoms with Gasteiger partial charge in [0.2, 0.25) is 5.91 Å². The molecule has 1 saturated heterocycles. The summed E-state index contributed by atoms with van der Waals surface area (Å²) in [6.45, 7) is 3.84. The van der Waals surface area contributed by atoms with Crippen molar-refractivity contribution in [1.82, 2.24) is 4.90 Å². The average molecular weight is 278 g/mol. The van der Waals surface area contributed by atoms with Crippen molar-refractivity contribution < 1.29 is 4.79 Å². The van der Waals surface area contributed by atoms with E-state index in [1.165, 1.54) is 6.42 Å². The molecule has 1 unspecified atom stereocenters. The number of carbonyl (C=O) groups excluding carboxylic acids is 1. The van der Waals surface area contributed by atoms with E-state index in [0.29, 0.717) is 5.75 Å². The monoisotopic (exact) mass is 278 g/mol. The molecule has 0 spiro atoms. The third-order valence-corrected chi connectivity index (χ3v) is 4.47. The number of piperidine rings is 1. The quantitative estimate of drug-likeness (QED) is 0.861. The van der Waals surface area contributed by atoms with Gasteiger partial charge in [-0.25, -0.2) is 0 Å². The summed E-state index contributed by atoms with van der Waals surface area (Å²) in [5.41, 5.74) is 6.95. The summed E-state index contributed by atoms with van der Waals surface area (Å²) in [4.78, 5) is 15.2. The molecule has 1 atom stereocenters. The van der Waals surface area contributed by atoms with Gasteiger partial charge < -0.3 is 10.6 Å². The summed E-state index contributed by atoms with van der Waals surface area (Å²) < 4.78 is 0. The van der Waals surface area contributed by atoms with Gasteiger partial charge in [0.05, 0.1) is 5.75 Å². The van der Waals surface area contributed by atoms with E-state index < -0.39 is 0 Å². The Morgan fingerprint density at radius 2 is 1.89 bits per heavy atom. The second kappa shape index (κ2) is 6.96. The van der Waals surface area contributed by atoms with Crippen molar-refractivity contribution in [3.8, 4) is 0 Å². The number of hydrogen-bond donors (Lipinski definition) is 1. The van der Waals surface area contributed by atoms with Crippen LogP contribution in [0.2, 0.25) is 0 Å². The van der Waals surface area contributed by atoms with Gasteiger partial charge in [-0.2, -0.15) is 0 Å². The van der Waals surface area contributed by atoms with Crippen LogP contribution in [0.1, 0.15) is 37.8 Å². The smallest absolute Gasteiger partial charge is 0.232 e. The molecule has 1 aliphatic rings. The normalized spacial score (nSPS) is 17.3. The molecule has 4 heteroatoms. The van der Waals surface area contributed by atoms with E-state index in [4.69, 9.17) is 5.73 Å². The Morgan fingerprint density at radius 1 is 1.26 bits per heavy atom. The number of hydrogen-bond acceptors (Lipinski definition) is 3. The van der Waals surface area contributed by atoms with Crippen molar-refractivity contribution in [3.63, 3.8) is 0 Å². The Morgan fingerprint density at radius 3 is 2.47 bits per heavy atom. The van der Waals surface area contributed by atoms with E-state index in [0.717, 1.165) is 36.4 Å². The number of carbonyl (C=O) groups is 1. The SMILES string of the molecule is CC(N)c1ccc(SCC(=O)N2CCCCC2)cc1. The first-order chi connectivity index (χ1) is 9.16. The molecule has 0 radical (unpaired) electrons. The fourth-order valence-electron chi connectivity index (χ4n) is 2.25. The number of nitrogens with two attached hydrogens (primary N) is 1. The van der Waals surface area contributed by atoms with E-state index in [-0.39, 0.29) is 11.9 Å². The molecule has 2 N–H and O–H groups in total. The minimum absolute atomic E-state index is 0.0639. The number of amides is 1. The van der Waals surface area contributed by atoms with Crippen LogP contribution in [-0.4, -0.2) is 29.6 Å². The zero-order valence-corrected chi connectivity index (χ0v) is 12.3. The predicted octanol–water partition coefficient (Wildman–Crippen LogP) is 2.81. The maximum absolute atomic E-state index is 12.0. The minimum Gasteiger partial charge on any atom is -0.342 e. The molecular formula is C15H22N2OS. The number of nitrogens with zero attached hydrogens (tertiary/aromatic N) is 1. The van der Waals surface area contributed by atoms with Crippen LogP contribution in [0.4, 0.5) is 0 Å². The van der Waals surface area contributed by atoms with Gasteiger partial charge >= 0.3 is 0 Å². The lowest BCUT2D eigenvalue weighted by Crippen LogP contribution is -2.36. The molecule has 1 aliphatic heterocycles. The molecular weight excluding hydrogens is 256 g/mol. The van der Waals surface area contributed by atoms with Gasteiger partial charge in [-0.3, -0.25) is 4.79 Å². The third-order valence-electron chi connectivity index (χ3n) is 3.48. The molecule has 0 aliphatic carbocycles. The average Bonchev–Trinajstić information content (AvgIpc) is 2.46. The summed E-state index contributed by atoms with van der Waals surface area (Å²) in [6, 6.07) is 8.24. The molecule has 1 amide bonds. The Labute approximate surface area is 119 Å². The highest BCUT2D eigenvalue weighted by Crippen LogP contribution is 2.21. The highest BCUT2D eigenvalue weighted by Gasteiger charge is 2.16. The lowest BCUT2D eigenvalue weighted by Gasteiger charge is -2.26. The minimum atomic E-state index is 0.0639. The van der Waals surface area contributed by atoms with Gasteiger partial charge in [-0.1, -0.05) is 12.1 Å². The van der Waals surface area contributed by atoms with Crippen LogP contribution < -0.4 is 5.73 Å². The van der Waals surface area contributed by atoms with E-state index in [9.17, 15) is 4.79 Å². The molecule has 1 fully saturated rings. The van der Waals surface area contributed by atoms with Crippen LogP contribution >= 0.6 is 11.8 Å². The summed E-state index contributed by atoms with van der Waals surface area (Å²) in [5.74, 6) is 0.804. The Kier molecular flexibility index (Phi) is 5.28. The lowest BCUT2D eigenvalue weighted by molar-refractivity contribution is -0.129. The molecule has 3 nitrogen and oxygen atoms in total. The van der Waals surface area contributed by atoms with Gasteiger partial charge in [0, 0.05) is 24.0 Å². The Balaban J connectivity index is 1.82. The first-order valence-electron chi connectivity index (χ1n) is 6.93. The highest BCUT2D eigenvalue weighted by atomic mass is 32.2. The van der Waals surface area contributed by atoms with Crippen molar-refractivity contribution in [2.45, 2.75) is 37.1 Å². The molecule has 0 aromatic heterocycles. The standard InChI is InChI=1S/C15H22N2OS/c1-12(16)13-5-7-14(8-6-13)19-11-15(18)17-9-3-2-4-10-17/h5-8,12H,2-4,9-11,16H2,1H3. The zero-order chi connectivity index (χ0) is 13.7. The number of likely N-dealkylation sites (tertiary alicyclic amines) is 1. The highest BCUT2D eigenvalue weighted by molar-refractivity contribution is 8.00. The molecule has 19 heavy (non-hydrogen) atoms. The summed E-state index contributed by atoms with van der Waals surface area (Å²) >= 11 is 1.61. The van der Waals surface area contributed by atoms with Crippen molar-refractivity contribution in [2.24, 2.45) is 5.73 Å². The lowest BCUT2D eigenvalue weighted by atomic mass is 10.1. The summed E-state index contributed by atoms with van der Waals surface area (Å²) in [6.07, 6.45) is 3.56. The van der Waals surface area contributed by atoms with Crippen LogP contribution in [-0.2, 0) is 4.79 Å². The second-order valence-corrected chi connectivity index (χ2v) is 6.14. The fraction of sp³-hybridized carbons (Fsp3) is 0.533. The van der Waals surface area contributed by atoms with Crippen LogP contribution in [0.15, 0.2) is 29.2 Å². The van der Waals surface area contributed by atoms with Gasteiger partial charge in [-0.15, -0.1) is 11.8 Å². The molecule has 1 aromatic rings. The van der Waals surface area contributed by atoms with Crippen molar-refractivity contribution in [1.29, 1.82) is 0 Å². The molecule has 2 rings (SSSR count). The van der Waals surface area contributed by atoms with Crippen molar-refractivity contribution in [2.75, 3.05) is 18.8 Å². The maximum Gasteiger partial charge on any atom is 0.232 e. The van der Waals surface area contributed by atoms with Crippen molar-refractivity contribution >= 4 is 17.7 Å². The fourth-order valence-corrected chi connectivity index (χ4v) is 3.05. The number of thioether (sulfide) groups is 1. The molecule has 0 bridgehead atoms. The number of rotatable bonds is 4. The Bertz CT molecular complexity index is 411. The first kappa shape index (κ1) is 14.4.